The average molecular weight is 506 g/mol. The van der Waals surface area contributed by atoms with Gasteiger partial charge in [0.15, 0.2) is 0 Å². The van der Waals surface area contributed by atoms with Crippen LogP contribution in [-0.4, -0.2) is 23.9 Å². The highest BCUT2D eigenvalue weighted by Gasteiger charge is 2.46. The second-order valence-electron chi connectivity index (χ2n) is 8.17. The SMILES string of the molecule is COc1ccc(/C(O)=C2/C(=O)C(=O)N(c3ccc(Br)cc3)C2c2ccccc2)cc1C(C)C. The van der Waals surface area contributed by atoms with Crippen LogP contribution < -0.4 is 9.64 Å². The fourth-order valence-corrected chi connectivity index (χ4v) is 4.40. The van der Waals surface area contributed by atoms with E-state index in [1.165, 1.54) is 4.90 Å². The van der Waals surface area contributed by atoms with E-state index in [2.05, 4.69) is 15.9 Å². The number of aliphatic hydroxyl groups excluding tert-OH is 1. The van der Waals surface area contributed by atoms with Gasteiger partial charge < -0.3 is 9.84 Å². The molecule has 33 heavy (non-hydrogen) atoms. The minimum atomic E-state index is -0.753. The smallest absolute Gasteiger partial charge is 0.300 e. The molecule has 1 saturated heterocycles. The largest absolute Gasteiger partial charge is 0.507 e. The van der Waals surface area contributed by atoms with Crippen molar-refractivity contribution in [2.75, 3.05) is 12.0 Å². The van der Waals surface area contributed by atoms with Crippen LogP contribution in [0.2, 0.25) is 0 Å². The summed E-state index contributed by atoms with van der Waals surface area (Å²) in [5.74, 6) is -0.748. The molecule has 0 aromatic heterocycles. The van der Waals surface area contributed by atoms with Crippen molar-refractivity contribution in [3.05, 3.63) is 99.5 Å². The predicted octanol–water partition coefficient (Wildman–Crippen LogP) is 6.21. The van der Waals surface area contributed by atoms with Gasteiger partial charge in [-0.15, -0.1) is 0 Å². The van der Waals surface area contributed by atoms with Crippen LogP contribution in [0, 0.1) is 0 Å². The van der Waals surface area contributed by atoms with Crippen molar-refractivity contribution in [2.24, 2.45) is 0 Å². The molecule has 3 aromatic rings. The lowest BCUT2D eigenvalue weighted by Gasteiger charge is -2.25. The highest BCUT2D eigenvalue weighted by atomic mass is 79.9. The lowest BCUT2D eigenvalue weighted by atomic mass is 9.93. The number of ketones is 1. The summed E-state index contributed by atoms with van der Waals surface area (Å²) < 4.78 is 6.31. The Morgan fingerprint density at radius 2 is 1.67 bits per heavy atom. The first-order valence-electron chi connectivity index (χ1n) is 10.6. The zero-order valence-electron chi connectivity index (χ0n) is 18.6. The maximum atomic E-state index is 13.3. The van der Waals surface area contributed by atoms with Crippen molar-refractivity contribution < 1.29 is 19.4 Å². The number of hydrogen-bond donors (Lipinski definition) is 1. The lowest BCUT2D eigenvalue weighted by Crippen LogP contribution is -2.29. The van der Waals surface area contributed by atoms with Crippen molar-refractivity contribution in [3.63, 3.8) is 0 Å². The Morgan fingerprint density at radius 1 is 1.00 bits per heavy atom. The van der Waals surface area contributed by atoms with E-state index in [1.807, 2.05) is 62.4 Å². The second kappa shape index (κ2) is 9.24. The van der Waals surface area contributed by atoms with Crippen LogP contribution in [0.3, 0.4) is 0 Å². The molecule has 1 fully saturated rings. The molecule has 168 valence electrons. The first-order valence-corrected chi connectivity index (χ1v) is 11.4. The van der Waals surface area contributed by atoms with Gasteiger partial charge in [-0.25, -0.2) is 0 Å². The molecule has 1 atom stereocenters. The topological polar surface area (TPSA) is 66.8 Å². The van der Waals surface area contributed by atoms with Crippen LogP contribution in [-0.2, 0) is 9.59 Å². The third-order valence-corrected chi connectivity index (χ3v) is 6.32. The standard InChI is InChI=1S/C27H24BrNO4/c1-16(2)21-15-18(9-14-22(21)33-3)25(30)23-24(17-7-5-4-6-8-17)29(27(32)26(23)31)20-12-10-19(28)11-13-20/h4-16,24,30H,1-3H3/b25-23-. The van der Waals surface area contributed by atoms with Crippen LogP contribution in [0.25, 0.3) is 5.76 Å². The molecule has 4 rings (SSSR count). The zero-order chi connectivity index (χ0) is 23.7. The number of Topliss-reactive ketones (excluding diaryl/α,β-unsaturated/α-hetero) is 1. The number of anilines is 1. The summed E-state index contributed by atoms with van der Waals surface area (Å²) in [4.78, 5) is 27.9. The van der Waals surface area contributed by atoms with E-state index < -0.39 is 17.7 Å². The number of carbonyl (C=O) groups excluding carboxylic acids is 2. The summed E-state index contributed by atoms with van der Waals surface area (Å²) in [5.41, 5.74) is 2.74. The van der Waals surface area contributed by atoms with E-state index in [0.29, 0.717) is 17.0 Å². The number of halogens is 1. The molecule has 5 nitrogen and oxygen atoms in total. The number of carbonyl (C=O) groups is 2. The number of aliphatic hydroxyl groups is 1. The molecule has 1 amide bonds. The van der Waals surface area contributed by atoms with Crippen molar-refractivity contribution >= 4 is 39.1 Å². The van der Waals surface area contributed by atoms with Gasteiger partial charge in [-0.2, -0.15) is 0 Å². The van der Waals surface area contributed by atoms with Gasteiger partial charge >= 0.3 is 0 Å². The Morgan fingerprint density at radius 3 is 2.27 bits per heavy atom. The molecule has 1 aliphatic heterocycles. The predicted molar refractivity (Wildman–Crippen MR) is 132 cm³/mol. The number of nitrogens with zero attached hydrogens (tertiary/aromatic N) is 1. The Bertz CT molecular complexity index is 1230. The maximum absolute atomic E-state index is 13.3. The molecular formula is C27H24BrNO4. The summed E-state index contributed by atoms with van der Waals surface area (Å²) in [6.07, 6.45) is 0. The van der Waals surface area contributed by atoms with Gasteiger partial charge in [-0.05, 0) is 59.5 Å². The Hall–Kier alpha value is -3.38. The molecule has 0 saturated carbocycles. The monoisotopic (exact) mass is 505 g/mol. The van der Waals surface area contributed by atoms with Gasteiger partial charge in [0.1, 0.15) is 11.5 Å². The number of benzene rings is 3. The van der Waals surface area contributed by atoms with E-state index in [4.69, 9.17) is 4.74 Å². The van der Waals surface area contributed by atoms with Gasteiger partial charge in [0.05, 0.1) is 18.7 Å². The van der Waals surface area contributed by atoms with Crippen molar-refractivity contribution in [2.45, 2.75) is 25.8 Å². The second-order valence-corrected chi connectivity index (χ2v) is 9.08. The van der Waals surface area contributed by atoms with Crippen molar-refractivity contribution in [1.82, 2.24) is 0 Å². The van der Waals surface area contributed by atoms with E-state index >= 15 is 0 Å². The summed E-state index contributed by atoms with van der Waals surface area (Å²) in [7, 11) is 1.60. The van der Waals surface area contributed by atoms with Crippen molar-refractivity contribution in [3.8, 4) is 5.75 Å². The number of methoxy groups -OCH3 is 1. The van der Waals surface area contributed by atoms with Gasteiger partial charge in [-0.3, -0.25) is 14.5 Å². The van der Waals surface area contributed by atoms with Gasteiger partial charge in [0, 0.05) is 15.7 Å². The molecule has 3 aromatic carbocycles. The molecule has 0 radical (unpaired) electrons. The van der Waals surface area contributed by atoms with E-state index in [0.717, 1.165) is 15.6 Å². The summed E-state index contributed by atoms with van der Waals surface area (Å²) in [5, 5.41) is 11.4. The third kappa shape index (κ3) is 4.18. The minimum Gasteiger partial charge on any atom is -0.507 e. The number of rotatable bonds is 5. The normalized spacial score (nSPS) is 17.6. The molecule has 1 N–H and O–H groups in total. The zero-order valence-corrected chi connectivity index (χ0v) is 20.2. The van der Waals surface area contributed by atoms with Crippen LogP contribution in [0.15, 0.2) is 82.8 Å². The fourth-order valence-electron chi connectivity index (χ4n) is 4.14. The van der Waals surface area contributed by atoms with Crippen LogP contribution in [0.4, 0.5) is 5.69 Å². The molecule has 6 heteroatoms. The quantitative estimate of drug-likeness (QED) is 0.254. The summed E-state index contributed by atoms with van der Waals surface area (Å²) >= 11 is 3.41. The summed E-state index contributed by atoms with van der Waals surface area (Å²) in [6, 6.07) is 21.0. The molecule has 0 bridgehead atoms. The highest BCUT2D eigenvalue weighted by Crippen LogP contribution is 2.42. The molecular weight excluding hydrogens is 482 g/mol. The summed E-state index contributed by atoms with van der Waals surface area (Å²) in [6.45, 7) is 4.05. The van der Waals surface area contributed by atoms with E-state index in [-0.39, 0.29) is 17.3 Å². The van der Waals surface area contributed by atoms with Gasteiger partial charge in [0.2, 0.25) is 0 Å². The van der Waals surface area contributed by atoms with Crippen LogP contribution in [0.5, 0.6) is 5.75 Å². The third-order valence-electron chi connectivity index (χ3n) is 5.79. The Labute approximate surface area is 201 Å². The highest BCUT2D eigenvalue weighted by molar-refractivity contribution is 9.10. The van der Waals surface area contributed by atoms with Crippen LogP contribution >= 0.6 is 15.9 Å². The Balaban J connectivity index is 1.93. The van der Waals surface area contributed by atoms with Crippen LogP contribution in [0.1, 0.15) is 42.5 Å². The molecule has 1 heterocycles. The average Bonchev–Trinajstić information content (AvgIpc) is 3.09. The van der Waals surface area contributed by atoms with E-state index in [1.54, 1.807) is 31.4 Å². The Kier molecular flexibility index (Phi) is 6.38. The molecule has 0 aliphatic carbocycles. The molecule has 1 aliphatic rings. The van der Waals surface area contributed by atoms with Gasteiger partial charge in [-0.1, -0.05) is 60.1 Å². The maximum Gasteiger partial charge on any atom is 0.300 e. The number of hydrogen-bond acceptors (Lipinski definition) is 4. The number of amides is 1. The number of ether oxygens (including phenoxy) is 1. The molecule has 0 spiro atoms. The molecule has 1 unspecified atom stereocenters. The van der Waals surface area contributed by atoms with Gasteiger partial charge in [0.25, 0.3) is 11.7 Å². The first kappa shape index (κ1) is 22.8. The lowest BCUT2D eigenvalue weighted by molar-refractivity contribution is -0.132. The van der Waals surface area contributed by atoms with Crippen molar-refractivity contribution in [1.29, 1.82) is 0 Å². The first-order chi connectivity index (χ1) is 15.8. The fraction of sp³-hybridized carbons (Fsp3) is 0.185. The van der Waals surface area contributed by atoms with E-state index in [9.17, 15) is 14.7 Å². The minimum absolute atomic E-state index is 0.0639.